The largest absolute Gasteiger partial charge is 0.361 e. The van der Waals surface area contributed by atoms with Gasteiger partial charge in [-0.05, 0) is 32.6 Å². The number of nitrogens with zero attached hydrogens (tertiary/aromatic N) is 1. The van der Waals surface area contributed by atoms with Gasteiger partial charge < -0.3 is 10.7 Å². The quantitative estimate of drug-likeness (QED) is 0.772. The Hall–Kier alpha value is -1.32. The Kier molecular flexibility index (Phi) is 2.74. The first-order chi connectivity index (χ1) is 7.50. The zero-order valence-electron chi connectivity index (χ0n) is 10.1. The predicted octanol–water partition coefficient (Wildman–Crippen LogP) is 1.95. The topological polar surface area (TPSA) is 45.0 Å². The van der Waals surface area contributed by atoms with E-state index in [1.165, 1.54) is 16.5 Å². The van der Waals surface area contributed by atoms with Crippen LogP contribution in [0.1, 0.15) is 12.5 Å². The lowest BCUT2D eigenvalue weighted by Gasteiger charge is -2.32. The minimum atomic E-state index is -0.315. The Morgan fingerprint density at radius 2 is 2.00 bits per heavy atom. The molecule has 1 atom stereocenters. The summed E-state index contributed by atoms with van der Waals surface area (Å²) in [6.45, 7) is 2.05. The van der Waals surface area contributed by atoms with E-state index in [1.807, 2.05) is 20.2 Å². The second kappa shape index (κ2) is 3.92. The third-order valence-electron chi connectivity index (χ3n) is 3.24. The molecule has 3 N–H and O–H groups in total. The van der Waals surface area contributed by atoms with Crippen molar-refractivity contribution in [1.82, 2.24) is 9.88 Å². The minimum absolute atomic E-state index is 0.315. The van der Waals surface area contributed by atoms with Crippen LogP contribution in [0, 0.1) is 0 Å². The summed E-state index contributed by atoms with van der Waals surface area (Å²) in [5.74, 6) is 0. The number of hydrogen-bond acceptors (Lipinski definition) is 2. The molecule has 0 fully saturated rings. The van der Waals surface area contributed by atoms with Crippen LogP contribution in [-0.2, 0) is 6.42 Å². The van der Waals surface area contributed by atoms with E-state index in [-0.39, 0.29) is 5.66 Å². The fourth-order valence-corrected chi connectivity index (χ4v) is 1.82. The van der Waals surface area contributed by atoms with E-state index < -0.39 is 0 Å². The molecule has 0 aliphatic rings. The molecule has 16 heavy (non-hydrogen) atoms. The lowest BCUT2D eigenvalue weighted by atomic mass is 10.0. The Morgan fingerprint density at radius 3 is 2.69 bits per heavy atom. The Balaban J connectivity index is 2.35. The number of nitrogens with one attached hydrogen (secondary N) is 1. The van der Waals surface area contributed by atoms with E-state index in [1.54, 1.807) is 0 Å². The maximum atomic E-state index is 6.25. The summed E-state index contributed by atoms with van der Waals surface area (Å²) in [4.78, 5) is 5.33. The average Bonchev–Trinajstić information content (AvgIpc) is 2.61. The molecule has 0 radical (unpaired) electrons. The maximum Gasteiger partial charge on any atom is 0.0695 e. The number of nitrogens with two attached hydrogens (primary N) is 1. The van der Waals surface area contributed by atoms with Gasteiger partial charge in [0.2, 0.25) is 0 Å². The highest BCUT2D eigenvalue weighted by Crippen LogP contribution is 2.22. The molecule has 3 heteroatoms. The zero-order valence-corrected chi connectivity index (χ0v) is 10.1. The summed E-state index contributed by atoms with van der Waals surface area (Å²) in [5, 5.41) is 1.26. The molecule has 1 aromatic heterocycles. The lowest BCUT2D eigenvalue weighted by molar-refractivity contribution is 0.180. The highest BCUT2D eigenvalue weighted by Gasteiger charge is 2.22. The Bertz CT molecular complexity index is 483. The predicted molar refractivity (Wildman–Crippen MR) is 68.3 cm³/mol. The molecule has 0 aliphatic heterocycles. The number of rotatable bonds is 3. The molecule has 0 spiro atoms. The highest BCUT2D eigenvalue weighted by molar-refractivity contribution is 5.83. The molecule has 1 heterocycles. The molecule has 2 rings (SSSR count). The molecular weight excluding hydrogens is 198 g/mol. The van der Waals surface area contributed by atoms with Gasteiger partial charge in [0.1, 0.15) is 0 Å². The van der Waals surface area contributed by atoms with Crippen LogP contribution >= 0.6 is 0 Å². The van der Waals surface area contributed by atoms with E-state index >= 15 is 0 Å². The number of hydrogen-bond donors (Lipinski definition) is 2. The second-order valence-corrected chi connectivity index (χ2v) is 4.79. The zero-order chi connectivity index (χ0) is 11.8. The van der Waals surface area contributed by atoms with Crippen LogP contribution in [0.3, 0.4) is 0 Å². The molecule has 0 bridgehead atoms. The van der Waals surface area contributed by atoms with Crippen LogP contribution in [0.15, 0.2) is 30.5 Å². The van der Waals surface area contributed by atoms with Gasteiger partial charge in [-0.1, -0.05) is 18.2 Å². The summed E-state index contributed by atoms with van der Waals surface area (Å²) in [6, 6.07) is 8.31. The first kappa shape index (κ1) is 11.2. The van der Waals surface area contributed by atoms with E-state index in [0.29, 0.717) is 0 Å². The number of likely N-dealkylation sites (N-methyl/N-ethyl adjacent to an activating group) is 1. The maximum absolute atomic E-state index is 6.25. The third kappa shape index (κ3) is 1.96. The number of benzene rings is 1. The molecular formula is C13H19N3. The molecule has 0 saturated carbocycles. The number of para-hydroxylation sites is 1. The average molecular weight is 217 g/mol. The van der Waals surface area contributed by atoms with Crippen LogP contribution in [0.2, 0.25) is 0 Å². The summed E-state index contributed by atoms with van der Waals surface area (Å²) in [5.41, 5.74) is 8.38. The molecule has 0 aliphatic carbocycles. The van der Waals surface area contributed by atoms with Crippen molar-refractivity contribution < 1.29 is 0 Å². The molecule has 3 nitrogen and oxygen atoms in total. The van der Waals surface area contributed by atoms with Crippen molar-refractivity contribution in [3.63, 3.8) is 0 Å². The van der Waals surface area contributed by atoms with Gasteiger partial charge in [-0.15, -0.1) is 0 Å². The van der Waals surface area contributed by atoms with Crippen molar-refractivity contribution in [2.45, 2.75) is 19.0 Å². The summed E-state index contributed by atoms with van der Waals surface area (Å²) < 4.78 is 0. The molecule has 1 unspecified atom stereocenters. The number of H-pyrrole nitrogens is 1. The van der Waals surface area contributed by atoms with E-state index in [4.69, 9.17) is 5.73 Å². The first-order valence-corrected chi connectivity index (χ1v) is 5.52. The number of aromatic nitrogens is 1. The standard InChI is InChI=1S/C13H19N3/c1-13(14,16(2)3)8-10-9-15-12-7-5-4-6-11(10)12/h4-7,9,15H,8,14H2,1-3H3. The van der Waals surface area contributed by atoms with Gasteiger partial charge in [-0.3, -0.25) is 4.90 Å². The summed E-state index contributed by atoms with van der Waals surface area (Å²) in [6.07, 6.45) is 2.89. The van der Waals surface area contributed by atoms with Crippen LogP contribution < -0.4 is 5.73 Å². The van der Waals surface area contributed by atoms with E-state index in [0.717, 1.165) is 6.42 Å². The van der Waals surface area contributed by atoms with E-state index in [2.05, 4.69) is 41.2 Å². The van der Waals surface area contributed by atoms with Crippen LogP contribution in [-0.4, -0.2) is 29.6 Å². The van der Waals surface area contributed by atoms with Crippen LogP contribution in [0.4, 0.5) is 0 Å². The van der Waals surface area contributed by atoms with Crippen molar-refractivity contribution >= 4 is 10.9 Å². The molecule has 1 aromatic carbocycles. The van der Waals surface area contributed by atoms with Crippen molar-refractivity contribution in [2.24, 2.45) is 5.73 Å². The van der Waals surface area contributed by atoms with Gasteiger partial charge in [-0.2, -0.15) is 0 Å². The van der Waals surface area contributed by atoms with Gasteiger partial charge in [0, 0.05) is 23.5 Å². The second-order valence-electron chi connectivity index (χ2n) is 4.79. The fraction of sp³-hybridized carbons (Fsp3) is 0.385. The molecule has 0 saturated heterocycles. The number of aromatic amines is 1. The van der Waals surface area contributed by atoms with Gasteiger partial charge >= 0.3 is 0 Å². The smallest absolute Gasteiger partial charge is 0.0695 e. The van der Waals surface area contributed by atoms with Crippen molar-refractivity contribution in [1.29, 1.82) is 0 Å². The SMILES string of the molecule is CN(C)C(C)(N)Cc1c[nH]c2ccccc12. The van der Waals surface area contributed by atoms with Crippen molar-refractivity contribution in [3.8, 4) is 0 Å². The molecule has 2 aromatic rings. The van der Waals surface area contributed by atoms with Crippen molar-refractivity contribution in [3.05, 3.63) is 36.0 Å². The normalized spacial score (nSPS) is 15.6. The van der Waals surface area contributed by atoms with Crippen LogP contribution in [0.25, 0.3) is 10.9 Å². The van der Waals surface area contributed by atoms with Gasteiger partial charge in [0.15, 0.2) is 0 Å². The minimum Gasteiger partial charge on any atom is -0.361 e. The lowest BCUT2D eigenvalue weighted by Crippen LogP contribution is -2.51. The van der Waals surface area contributed by atoms with E-state index in [9.17, 15) is 0 Å². The van der Waals surface area contributed by atoms with Crippen LogP contribution in [0.5, 0.6) is 0 Å². The monoisotopic (exact) mass is 217 g/mol. The van der Waals surface area contributed by atoms with Gasteiger partial charge in [0.25, 0.3) is 0 Å². The summed E-state index contributed by atoms with van der Waals surface area (Å²) >= 11 is 0. The van der Waals surface area contributed by atoms with Gasteiger partial charge in [-0.25, -0.2) is 0 Å². The first-order valence-electron chi connectivity index (χ1n) is 5.52. The van der Waals surface area contributed by atoms with Gasteiger partial charge in [0.05, 0.1) is 5.66 Å². The Morgan fingerprint density at radius 1 is 1.31 bits per heavy atom. The summed E-state index contributed by atoms with van der Waals surface area (Å²) in [7, 11) is 4.02. The third-order valence-corrected chi connectivity index (χ3v) is 3.24. The Labute approximate surface area is 96.2 Å². The number of fused-ring (bicyclic) bond motifs is 1. The highest BCUT2D eigenvalue weighted by atomic mass is 15.2. The fourth-order valence-electron chi connectivity index (χ4n) is 1.82. The van der Waals surface area contributed by atoms with Crippen molar-refractivity contribution in [2.75, 3.05) is 14.1 Å². The molecule has 0 amide bonds. The molecule has 86 valence electrons.